The van der Waals surface area contributed by atoms with Gasteiger partial charge in [-0.1, -0.05) is 0 Å². The van der Waals surface area contributed by atoms with E-state index in [1.54, 1.807) is 7.11 Å². The first kappa shape index (κ1) is 13.5. The number of H-pyrrole nitrogens is 1. The molecule has 0 spiro atoms. The number of nitrogens with two attached hydrogens (primary N) is 1. The third kappa shape index (κ3) is 3.76. The molecule has 19 heavy (non-hydrogen) atoms. The molecule has 104 valence electrons. The summed E-state index contributed by atoms with van der Waals surface area (Å²) in [7, 11) is 1.64. The van der Waals surface area contributed by atoms with Crippen LogP contribution in [-0.2, 0) is 9.47 Å². The highest BCUT2D eigenvalue weighted by Crippen LogP contribution is 2.19. The van der Waals surface area contributed by atoms with Crippen molar-refractivity contribution in [3.8, 4) is 5.88 Å². The number of imidazole rings is 1. The Morgan fingerprint density at radius 2 is 2.11 bits per heavy atom. The molecule has 0 atom stereocenters. The number of methoxy groups -OCH3 is 1. The lowest BCUT2D eigenvalue weighted by molar-refractivity contribution is 0.0643. The van der Waals surface area contributed by atoms with Gasteiger partial charge in [-0.3, -0.25) is 0 Å². The Bertz CT molecular complexity index is 516. The Hall–Kier alpha value is -1.93. The number of nitrogens with one attached hydrogen (secondary N) is 1. The molecule has 0 saturated carbocycles. The van der Waals surface area contributed by atoms with E-state index in [1.807, 2.05) is 0 Å². The number of aromatic nitrogens is 4. The number of aromatic amines is 1. The molecule has 0 bridgehead atoms. The van der Waals surface area contributed by atoms with Crippen LogP contribution in [0.15, 0.2) is 6.33 Å². The van der Waals surface area contributed by atoms with Gasteiger partial charge in [-0.15, -0.1) is 0 Å². The van der Waals surface area contributed by atoms with Crippen molar-refractivity contribution in [1.82, 2.24) is 19.9 Å². The number of nitrogens with zero attached hydrogens (tertiary/aromatic N) is 3. The van der Waals surface area contributed by atoms with Gasteiger partial charge in [0.2, 0.25) is 11.8 Å². The second kappa shape index (κ2) is 6.86. The van der Waals surface area contributed by atoms with Crippen molar-refractivity contribution in [2.75, 3.05) is 39.3 Å². The van der Waals surface area contributed by atoms with Gasteiger partial charge in [-0.2, -0.15) is 9.97 Å². The van der Waals surface area contributed by atoms with Crippen LogP contribution in [0.2, 0.25) is 0 Å². The summed E-state index contributed by atoms with van der Waals surface area (Å²) in [6.45, 7) is 2.27. The Balaban J connectivity index is 1.79. The number of anilines is 1. The Kier molecular flexibility index (Phi) is 4.87. The molecular formula is C11H17N5O3. The number of ether oxygens (including phenoxy) is 3. The highest BCUT2D eigenvalue weighted by molar-refractivity contribution is 5.76. The van der Waals surface area contributed by atoms with Gasteiger partial charge < -0.3 is 24.9 Å². The number of fused-ring (bicyclic) bond motifs is 1. The molecule has 3 N–H and O–H groups in total. The SMILES string of the molecule is COCCOCCCOc1nc(N)nc2nc[nH]c12. The molecule has 2 aromatic rings. The minimum atomic E-state index is 0.144. The van der Waals surface area contributed by atoms with Gasteiger partial charge in [-0.05, 0) is 0 Å². The molecule has 8 nitrogen and oxygen atoms in total. The maximum atomic E-state index is 5.57. The summed E-state index contributed by atoms with van der Waals surface area (Å²) in [5.41, 5.74) is 6.72. The highest BCUT2D eigenvalue weighted by atomic mass is 16.5. The summed E-state index contributed by atoms with van der Waals surface area (Å²) in [4.78, 5) is 14.9. The molecule has 0 unspecified atom stereocenters. The molecule has 2 aromatic heterocycles. The van der Waals surface area contributed by atoms with Crippen molar-refractivity contribution in [3.05, 3.63) is 6.33 Å². The van der Waals surface area contributed by atoms with Crippen LogP contribution in [0.25, 0.3) is 11.2 Å². The Labute approximate surface area is 110 Å². The maximum Gasteiger partial charge on any atom is 0.245 e. The molecular weight excluding hydrogens is 250 g/mol. The largest absolute Gasteiger partial charge is 0.476 e. The van der Waals surface area contributed by atoms with Gasteiger partial charge in [0.15, 0.2) is 5.65 Å². The first-order chi connectivity index (χ1) is 9.31. The van der Waals surface area contributed by atoms with E-state index in [0.29, 0.717) is 43.5 Å². The van der Waals surface area contributed by atoms with E-state index in [2.05, 4.69) is 19.9 Å². The number of hydrogen-bond acceptors (Lipinski definition) is 7. The van der Waals surface area contributed by atoms with Crippen molar-refractivity contribution in [2.24, 2.45) is 0 Å². The van der Waals surface area contributed by atoms with Crippen molar-refractivity contribution >= 4 is 17.1 Å². The molecule has 2 rings (SSSR count). The van der Waals surface area contributed by atoms with E-state index in [-0.39, 0.29) is 5.95 Å². The van der Waals surface area contributed by atoms with Crippen LogP contribution >= 0.6 is 0 Å². The molecule has 0 aliphatic rings. The summed E-state index contributed by atoms with van der Waals surface area (Å²) < 4.78 is 15.7. The van der Waals surface area contributed by atoms with Crippen molar-refractivity contribution < 1.29 is 14.2 Å². The van der Waals surface area contributed by atoms with E-state index in [0.717, 1.165) is 6.42 Å². The minimum Gasteiger partial charge on any atom is -0.476 e. The van der Waals surface area contributed by atoms with Gasteiger partial charge in [0.05, 0.1) is 26.1 Å². The Morgan fingerprint density at radius 3 is 2.95 bits per heavy atom. The summed E-state index contributed by atoms with van der Waals surface area (Å²) in [6.07, 6.45) is 2.28. The summed E-state index contributed by atoms with van der Waals surface area (Å²) in [6, 6.07) is 0. The van der Waals surface area contributed by atoms with Crippen LogP contribution in [-0.4, -0.2) is 53.5 Å². The third-order valence-corrected chi connectivity index (χ3v) is 2.37. The third-order valence-electron chi connectivity index (χ3n) is 2.37. The van der Waals surface area contributed by atoms with Gasteiger partial charge in [0.25, 0.3) is 0 Å². The first-order valence-corrected chi connectivity index (χ1v) is 5.97. The van der Waals surface area contributed by atoms with E-state index < -0.39 is 0 Å². The predicted molar refractivity (Wildman–Crippen MR) is 68.9 cm³/mol. The molecule has 0 saturated heterocycles. The first-order valence-electron chi connectivity index (χ1n) is 5.97. The van der Waals surface area contributed by atoms with Crippen LogP contribution in [0.1, 0.15) is 6.42 Å². The normalized spacial score (nSPS) is 11.0. The summed E-state index contributed by atoms with van der Waals surface area (Å²) in [5, 5.41) is 0. The molecule has 0 aromatic carbocycles. The molecule has 0 fully saturated rings. The fourth-order valence-corrected chi connectivity index (χ4v) is 1.50. The van der Waals surface area contributed by atoms with Gasteiger partial charge in [0, 0.05) is 20.1 Å². The standard InChI is InChI=1S/C11H17N5O3/c1-17-5-6-18-3-2-4-19-10-8-9(14-7-13-8)15-11(12)16-10/h7H,2-6H2,1H3,(H3,12,13,14,15,16). The fourth-order valence-electron chi connectivity index (χ4n) is 1.50. The van der Waals surface area contributed by atoms with E-state index in [1.165, 1.54) is 6.33 Å². The van der Waals surface area contributed by atoms with Crippen molar-refractivity contribution in [3.63, 3.8) is 0 Å². The van der Waals surface area contributed by atoms with E-state index in [9.17, 15) is 0 Å². The zero-order valence-corrected chi connectivity index (χ0v) is 10.8. The van der Waals surface area contributed by atoms with E-state index >= 15 is 0 Å². The molecule has 0 radical (unpaired) electrons. The lowest BCUT2D eigenvalue weighted by atomic mass is 10.5. The number of nitrogen functional groups attached to an aromatic ring is 1. The predicted octanol–water partition coefficient (Wildman–Crippen LogP) is 0.367. The monoisotopic (exact) mass is 267 g/mol. The topological polar surface area (TPSA) is 108 Å². The molecule has 0 amide bonds. The molecule has 0 aliphatic carbocycles. The molecule has 8 heteroatoms. The lowest BCUT2D eigenvalue weighted by Crippen LogP contribution is -2.08. The lowest BCUT2D eigenvalue weighted by Gasteiger charge is -2.07. The zero-order chi connectivity index (χ0) is 13.5. The van der Waals surface area contributed by atoms with Crippen LogP contribution < -0.4 is 10.5 Å². The van der Waals surface area contributed by atoms with Gasteiger partial charge >= 0.3 is 0 Å². The average molecular weight is 267 g/mol. The van der Waals surface area contributed by atoms with E-state index in [4.69, 9.17) is 19.9 Å². The van der Waals surface area contributed by atoms with Crippen LogP contribution in [0, 0.1) is 0 Å². The fraction of sp³-hybridized carbons (Fsp3) is 0.545. The van der Waals surface area contributed by atoms with Crippen molar-refractivity contribution in [1.29, 1.82) is 0 Å². The summed E-state index contributed by atoms with van der Waals surface area (Å²) in [5.74, 6) is 0.558. The number of hydrogen-bond donors (Lipinski definition) is 2. The second-order valence-corrected chi connectivity index (χ2v) is 3.80. The van der Waals surface area contributed by atoms with Gasteiger partial charge in [0.1, 0.15) is 5.52 Å². The summed E-state index contributed by atoms with van der Waals surface area (Å²) >= 11 is 0. The maximum absolute atomic E-state index is 5.57. The molecule has 0 aliphatic heterocycles. The quantitative estimate of drug-likeness (QED) is 0.665. The van der Waals surface area contributed by atoms with Crippen LogP contribution in [0.5, 0.6) is 5.88 Å². The number of rotatable bonds is 8. The highest BCUT2D eigenvalue weighted by Gasteiger charge is 2.09. The van der Waals surface area contributed by atoms with Crippen molar-refractivity contribution in [2.45, 2.75) is 6.42 Å². The zero-order valence-electron chi connectivity index (χ0n) is 10.8. The second-order valence-electron chi connectivity index (χ2n) is 3.80. The van der Waals surface area contributed by atoms with Crippen LogP contribution in [0.3, 0.4) is 0 Å². The average Bonchev–Trinajstić information content (AvgIpc) is 2.85. The Morgan fingerprint density at radius 1 is 1.21 bits per heavy atom. The smallest absolute Gasteiger partial charge is 0.245 e. The van der Waals surface area contributed by atoms with Crippen LogP contribution in [0.4, 0.5) is 5.95 Å². The van der Waals surface area contributed by atoms with Gasteiger partial charge in [-0.25, -0.2) is 4.98 Å². The molecule has 2 heterocycles. The minimum absolute atomic E-state index is 0.144.